The molecular weight excluding hydrogens is 298 g/mol. The molecule has 0 aliphatic rings. The Bertz CT molecular complexity index is 181. The van der Waals surface area contributed by atoms with E-state index in [4.69, 9.17) is 21.3 Å². The molecule has 0 fully saturated rings. The van der Waals surface area contributed by atoms with E-state index in [0.29, 0.717) is 0 Å². The van der Waals surface area contributed by atoms with Gasteiger partial charge in [0.05, 0.1) is 0 Å². The number of isothiocyanates is 2. The van der Waals surface area contributed by atoms with Gasteiger partial charge in [-0.05, 0) is 0 Å². The SMILES string of the molecule is N#C[S-].N#C[S-].[N-]=C=S.[N-]=C=S.[Zn+2]. The first kappa shape index (κ1) is 29.3. The number of rotatable bonds is 0. The van der Waals surface area contributed by atoms with E-state index in [9.17, 15) is 0 Å². The van der Waals surface area contributed by atoms with Crippen molar-refractivity contribution in [1.82, 2.24) is 0 Å². The molecule has 0 aromatic carbocycles. The third kappa shape index (κ3) is 8510. The quantitative estimate of drug-likeness (QED) is 0.220. The zero-order valence-corrected chi connectivity index (χ0v) is 12.4. The van der Waals surface area contributed by atoms with Crippen molar-refractivity contribution in [3.05, 3.63) is 10.8 Å². The maximum atomic E-state index is 7.13. The second-order valence-electron chi connectivity index (χ2n) is 0.365. The van der Waals surface area contributed by atoms with Crippen LogP contribution < -0.4 is 0 Å². The molecule has 0 unspecified atom stereocenters. The van der Waals surface area contributed by atoms with E-state index in [1.165, 1.54) is 21.1 Å². The monoisotopic (exact) mass is 296 g/mol. The Morgan fingerprint density at radius 1 is 0.923 bits per heavy atom. The van der Waals surface area contributed by atoms with Gasteiger partial charge >= 0.3 is 19.5 Å². The maximum absolute atomic E-state index is 7.13. The van der Waals surface area contributed by atoms with Crippen LogP contribution in [0.25, 0.3) is 10.8 Å². The van der Waals surface area contributed by atoms with Crippen LogP contribution >= 0.6 is 24.4 Å². The van der Waals surface area contributed by atoms with Gasteiger partial charge in [-0.1, -0.05) is 35.2 Å². The molecule has 0 atom stereocenters. The molecule has 64 valence electrons. The average molecular weight is 298 g/mol. The van der Waals surface area contributed by atoms with E-state index >= 15 is 0 Å². The van der Waals surface area contributed by atoms with E-state index in [1.807, 2.05) is 0 Å². The van der Waals surface area contributed by atoms with Crippen molar-refractivity contribution in [2.45, 2.75) is 0 Å². The Morgan fingerprint density at radius 3 is 0.923 bits per heavy atom. The van der Waals surface area contributed by atoms with Crippen LogP contribution in [0, 0.1) is 21.3 Å². The first-order valence-corrected chi connectivity index (χ1v) is 3.34. The van der Waals surface area contributed by atoms with Crippen LogP contribution in [-0.4, -0.2) is 10.3 Å². The summed E-state index contributed by atoms with van der Waals surface area (Å²) in [5, 5.41) is 33.9. The zero-order chi connectivity index (χ0) is 10.8. The van der Waals surface area contributed by atoms with Gasteiger partial charge in [-0.15, -0.1) is 0 Å². The first-order chi connectivity index (χ1) is 5.66. The summed E-state index contributed by atoms with van der Waals surface area (Å²) in [5.74, 6) is 0. The fraction of sp³-hybridized carbons (Fsp3) is 0. The van der Waals surface area contributed by atoms with Gasteiger partial charge in [0.2, 0.25) is 0 Å². The molecule has 0 aromatic rings. The fourth-order valence-corrected chi connectivity index (χ4v) is 0. The van der Waals surface area contributed by atoms with Gasteiger partial charge in [0.15, 0.2) is 0 Å². The van der Waals surface area contributed by atoms with Crippen molar-refractivity contribution < 1.29 is 19.5 Å². The summed E-state index contributed by atoms with van der Waals surface area (Å²) in [7, 11) is 0. The molecule has 0 aliphatic carbocycles. The van der Waals surface area contributed by atoms with Crippen molar-refractivity contribution in [1.29, 1.82) is 10.5 Å². The van der Waals surface area contributed by atoms with Gasteiger partial charge < -0.3 is 36.1 Å². The Kier molecular flexibility index (Phi) is 224. The van der Waals surface area contributed by atoms with Crippen molar-refractivity contribution >= 4 is 60.0 Å². The second kappa shape index (κ2) is 99.4. The van der Waals surface area contributed by atoms with Crippen LogP contribution in [0.2, 0.25) is 0 Å². The van der Waals surface area contributed by atoms with Crippen LogP contribution in [0.15, 0.2) is 0 Å². The van der Waals surface area contributed by atoms with E-state index < -0.39 is 0 Å². The van der Waals surface area contributed by atoms with Gasteiger partial charge in [-0.2, -0.15) is 10.3 Å². The molecule has 0 saturated carbocycles. The van der Waals surface area contributed by atoms with E-state index in [1.54, 1.807) is 0 Å². The number of hydrogen-bond acceptors (Lipinski definition) is 6. The Morgan fingerprint density at radius 2 is 0.923 bits per heavy atom. The molecule has 4 nitrogen and oxygen atoms in total. The molecule has 9 heteroatoms. The van der Waals surface area contributed by atoms with Gasteiger partial charge in [-0.3, -0.25) is 0 Å². The van der Waals surface area contributed by atoms with E-state index in [0.717, 1.165) is 0 Å². The molecule has 0 radical (unpaired) electrons. The van der Waals surface area contributed by atoms with Gasteiger partial charge in [0.1, 0.15) is 0 Å². The predicted octanol–water partition coefficient (Wildman–Crippen LogP) is 1.34. The minimum Gasteiger partial charge on any atom is -0.753 e. The molecule has 0 aliphatic heterocycles. The van der Waals surface area contributed by atoms with Crippen molar-refractivity contribution in [2.75, 3.05) is 0 Å². The van der Waals surface area contributed by atoms with Crippen LogP contribution in [0.3, 0.4) is 0 Å². The predicted molar refractivity (Wildman–Crippen MR) is 57.9 cm³/mol. The fourth-order valence-electron chi connectivity index (χ4n) is 0. The molecule has 0 N–H and O–H groups in total. The third-order valence-electron chi connectivity index (χ3n) is 0. The minimum atomic E-state index is 0. The van der Waals surface area contributed by atoms with Gasteiger partial charge in [0, 0.05) is 0 Å². The standard InChI is InChI=1S/2CHNS.2CNS.Zn/c4*2-1-3;/h2*3H;;;/q;;2*-1;+2/p-2. The number of thiocarbonyl (C=S) groups is 2. The van der Waals surface area contributed by atoms with Crippen molar-refractivity contribution in [3.63, 3.8) is 0 Å². The summed E-state index contributed by atoms with van der Waals surface area (Å²) in [5.41, 5.74) is 0. The molecule has 0 saturated heterocycles. The summed E-state index contributed by atoms with van der Waals surface area (Å²) >= 11 is 14.8. The normalized spacial score (nSPS) is 2.31. The van der Waals surface area contributed by atoms with Crippen LogP contribution in [-0.2, 0) is 44.7 Å². The van der Waals surface area contributed by atoms with E-state index in [-0.39, 0.29) is 19.5 Å². The summed E-state index contributed by atoms with van der Waals surface area (Å²) in [6.07, 6.45) is 0. The number of thiocyanates is 2. The summed E-state index contributed by atoms with van der Waals surface area (Å²) < 4.78 is 0. The summed E-state index contributed by atoms with van der Waals surface area (Å²) in [4.78, 5) is 0. The second-order valence-corrected chi connectivity index (χ2v) is 1.10. The zero-order valence-electron chi connectivity index (χ0n) is 6.13. The molecule has 0 spiro atoms. The topological polar surface area (TPSA) is 92.2 Å². The number of nitriles is 2. The Labute approximate surface area is 111 Å². The Balaban J connectivity index is -0.0000000213. The largest absolute Gasteiger partial charge is 2.00 e. The molecule has 0 aromatic heterocycles. The van der Waals surface area contributed by atoms with E-state index in [2.05, 4.69) is 49.7 Å². The van der Waals surface area contributed by atoms with Crippen LogP contribution in [0.4, 0.5) is 0 Å². The van der Waals surface area contributed by atoms with Crippen LogP contribution in [0.1, 0.15) is 0 Å². The first-order valence-electron chi connectivity index (χ1n) is 1.71. The molecule has 0 rings (SSSR count). The Hall–Kier alpha value is -0.357. The smallest absolute Gasteiger partial charge is 0.753 e. The molecule has 0 bridgehead atoms. The number of hydrogen-bond donors (Lipinski definition) is 0. The molecule has 13 heavy (non-hydrogen) atoms. The molecule has 0 amide bonds. The van der Waals surface area contributed by atoms with Gasteiger partial charge in [0.25, 0.3) is 0 Å². The number of nitrogens with zero attached hydrogens (tertiary/aromatic N) is 4. The average Bonchev–Trinajstić information content (AvgIpc) is 1.92. The maximum Gasteiger partial charge on any atom is 2.00 e. The van der Waals surface area contributed by atoms with Crippen LogP contribution in [0.5, 0.6) is 0 Å². The van der Waals surface area contributed by atoms with Gasteiger partial charge in [-0.25, -0.2) is 10.5 Å². The van der Waals surface area contributed by atoms with Crippen molar-refractivity contribution in [3.8, 4) is 10.8 Å². The van der Waals surface area contributed by atoms with Crippen molar-refractivity contribution in [2.24, 2.45) is 0 Å². The third-order valence-corrected chi connectivity index (χ3v) is 0. The summed E-state index contributed by atoms with van der Waals surface area (Å²) in [6.45, 7) is 0. The molecule has 0 heterocycles. The summed E-state index contributed by atoms with van der Waals surface area (Å²) in [6, 6.07) is 0. The molecular formula is C4N4S4Zn-2. The minimum absolute atomic E-state index is 0.